The molecule has 13 nitrogen and oxygen atoms in total. The van der Waals surface area contributed by atoms with Crippen molar-refractivity contribution in [2.24, 2.45) is 11.7 Å². The standard InChI is InChI=1S/C26H40N8O5/c1-4-17-22(36)34-20(16-9-6-5-7-10-16)25(39)29-14-12-19(32-21(35)15(2)3)24(38)33-18(23(37)31-17)11-8-13-30-26(27)28/h5-7,9-10,15,17-20H,4,8,11-14H2,1-3H3,(H,29,39)(H,31,37)(H,32,35)(H,33,38)(H,34,36)(H4,27,28,30)/t17-,18-,19+,20+/m0/s1. The van der Waals surface area contributed by atoms with Gasteiger partial charge in [0.25, 0.3) is 0 Å². The van der Waals surface area contributed by atoms with E-state index >= 15 is 0 Å². The Bertz CT molecular complexity index is 1030. The van der Waals surface area contributed by atoms with Crippen LogP contribution in [0.15, 0.2) is 30.3 Å². The van der Waals surface area contributed by atoms with E-state index in [0.717, 1.165) is 0 Å². The van der Waals surface area contributed by atoms with Crippen LogP contribution in [0.25, 0.3) is 0 Å². The van der Waals surface area contributed by atoms with E-state index in [1.807, 2.05) is 0 Å². The van der Waals surface area contributed by atoms with Gasteiger partial charge in [-0.05, 0) is 31.2 Å². The van der Waals surface area contributed by atoms with Gasteiger partial charge in [0, 0.05) is 19.0 Å². The zero-order valence-electron chi connectivity index (χ0n) is 22.6. The molecule has 5 amide bonds. The number of hydrogen-bond acceptors (Lipinski definition) is 6. The molecule has 1 heterocycles. The molecule has 1 aromatic rings. The van der Waals surface area contributed by atoms with Crippen LogP contribution in [0, 0.1) is 11.3 Å². The van der Waals surface area contributed by atoms with E-state index in [2.05, 4.69) is 31.9 Å². The number of rotatable bonds is 8. The number of carbonyl (C=O) groups is 5. The largest absolute Gasteiger partial charge is 0.370 e. The molecule has 1 aliphatic heterocycles. The number of nitrogens with one attached hydrogen (secondary N) is 7. The molecule has 1 fully saturated rings. The van der Waals surface area contributed by atoms with Gasteiger partial charge in [-0.1, -0.05) is 51.1 Å². The summed E-state index contributed by atoms with van der Waals surface area (Å²) >= 11 is 0. The molecule has 1 aromatic carbocycles. The second kappa shape index (κ2) is 15.3. The first-order valence-electron chi connectivity index (χ1n) is 13.2. The maximum Gasteiger partial charge on any atom is 0.247 e. The fraction of sp³-hybridized carbons (Fsp3) is 0.538. The third-order valence-electron chi connectivity index (χ3n) is 6.23. The Labute approximate surface area is 228 Å². The molecule has 39 heavy (non-hydrogen) atoms. The molecule has 0 radical (unpaired) electrons. The van der Waals surface area contributed by atoms with Crippen LogP contribution < -0.4 is 37.6 Å². The van der Waals surface area contributed by atoms with Crippen molar-refractivity contribution >= 4 is 35.5 Å². The quantitative estimate of drug-likeness (QED) is 0.118. The highest BCUT2D eigenvalue weighted by Crippen LogP contribution is 2.14. The summed E-state index contributed by atoms with van der Waals surface area (Å²) < 4.78 is 0. The van der Waals surface area contributed by atoms with Gasteiger partial charge in [-0.25, -0.2) is 0 Å². The minimum atomic E-state index is -1.03. The van der Waals surface area contributed by atoms with Gasteiger partial charge in [-0.2, -0.15) is 0 Å². The Hall–Kier alpha value is -4.16. The highest BCUT2D eigenvalue weighted by molar-refractivity contribution is 5.96. The van der Waals surface area contributed by atoms with Gasteiger partial charge in [-0.15, -0.1) is 0 Å². The fourth-order valence-corrected chi connectivity index (χ4v) is 3.93. The number of hydrogen-bond donors (Lipinski definition) is 8. The van der Waals surface area contributed by atoms with E-state index < -0.39 is 47.8 Å². The van der Waals surface area contributed by atoms with Crippen molar-refractivity contribution in [3.05, 3.63) is 35.9 Å². The Morgan fingerprint density at radius 3 is 2.26 bits per heavy atom. The van der Waals surface area contributed by atoms with E-state index in [1.54, 1.807) is 51.1 Å². The predicted octanol–water partition coefficient (Wildman–Crippen LogP) is -0.853. The molecule has 0 unspecified atom stereocenters. The third-order valence-corrected chi connectivity index (χ3v) is 6.23. The van der Waals surface area contributed by atoms with Gasteiger partial charge < -0.3 is 37.6 Å². The molecule has 13 heteroatoms. The van der Waals surface area contributed by atoms with Crippen LogP contribution in [0.2, 0.25) is 0 Å². The zero-order valence-corrected chi connectivity index (χ0v) is 22.6. The predicted molar refractivity (Wildman–Crippen MR) is 145 cm³/mol. The maximum atomic E-state index is 13.3. The van der Waals surface area contributed by atoms with Crippen molar-refractivity contribution in [3.63, 3.8) is 0 Å². The SMILES string of the molecule is CC[C@@H]1NC(=O)[C@H](CCCNC(=N)N)NC(=O)[C@H](NC(=O)C(C)C)CCNC(=O)[C@@H](c2ccccc2)NC1=O. The van der Waals surface area contributed by atoms with Crippen molar-refractivity contribution < 1.29 is 24.0 Å². The van der Waals surface area contributed by atoms with Crippen LogP contribution in [-0.2, 0) is 24.0 Å². The first-order chi connectivity index (χ1) is 18.5. The molecule has 9 N–H and O–H groups in total. The van der Waals surface area contributed by atoms with Crippen molar-refractivity contribution in [2.75, 3.05) is 13.1 Å². The van der Waals surface area contributed by atoms with Crippen molar-refractivity contribution in [1.82, 2.24) is 31.9 Å². The lowest BCUT2D eigenvalue weighted by Gasteiger charge is -2.28. The highest BCUT2D eigenvalue weighted by Gasteiger charge is 2.32. The van der Waals surface area contributed by atoms with Crippen LogP contribution in [-0.4, -0.2) is 66.7 Å². The number of benzene rings is 1. The molecule has 0 bridgehead atoms. The minimum Gasteiger partial charge on any atom is -0.370 e. The van der Waals surface area contributed by atoms with Crippen LogP contribution in [0.3, 0.4) is 0 Å². The summed E-state index contributed by atoms with van der Waals surface area (Å²) in [6.45, 7) is 5.42. The smallest absolute Gasteiger partial charge is 0.247 e. The van der Waals surface area contributed by atoms with Gasteiger partial charge in [0.2, 0.25) is 29.5 Å². The summed E-state index contributed by atoms with van der Waals surface area (Å²) in [5, 5.41) is 23.5. The Balaban J connectivity index is 2.37. The highest BCUT2D eigenvalue weighted by atomic mass is 16.2. The number of nitrogens with two attached hydrogens (primary N) is 1. The second-order valence-electron chi connectivity index (χ2n) is 9.66. The van der Waals surface area contributed by atoms with Gasteiger partial charge in [-0.3, -0.25) is 29.4 Å². The van der Waals surface area contributed by atoms with E-state index in [4.69, 9.17) is 11.1 Å². The summed E-state index contributed by atoms with van der Waals surface area (Å²) in [6, 6.07) is 4.65. The molecule has 4 atom stereocenters. The Morgan fingerprint density at radius 1 is 1.00 bits per heavy atom. The number of guanidine groups is 1. The van der Waals surface area contributed by atoms with Crippen LogP contribution in [0.1, 0.15) is 58.1 Å². The lowest BCUT2D eigenvalue weighted by Crippen LogP contribution is -2.58. The second-order valence-corrected chi connectivity index (χ2v) is 9.66. The average molecular weight is 545 g/mol. The van der Waals surface area contributed by atoms with Crippen molar-refractivity contribution in [3.8, 4) is 0 Å². The molecular weight excluding hydrogens is 504 g/mol. The molecule has 1 saturated heterocycles. The summed E-state index contributed by atoms with van der Waals surface area (Å²) in [5.74, 6) is -3.17. The molecule has 2 rings (SSSR count). The normalized spacial score (nSPS) is 23.0. The summed E-state index contributed by atoms with van der Waals surface area (Å²) in [6.07, 6.45) is 0.865. The van der Waals surface area contributed by atoms with Gasteiger partial charge in [0.15, 0.2) is 5.96 Å². The third kappa shape index (κ3) is 9.91. The zero-order chi connectivity index (χ0) is 28.9. The monoisotopic (exact) mass is 544 g/mol. The molecule has 0 spiro atoms. The molecule has 1 aliphatic rings. The van der Waals surface area contributed by atoms with Crippen LogP contribution in [0.4, 0.5) is 0 Å². The number of amides is 5. The maximum absolute atomic E-state index is 13.3. The van der Waals surface area contributed by atoms with Crippen LogP contribution in [0.5, 0.6) is 0 Å². The van der Waals surface area contributed by atoms with E-state index in [0.29, 0.717) is 18.5 Å². The summed E-state index contributed by atoms with van der Waals surface area (Å²) in [5.41, 5.74) is 5.87. The van der Waals surface area contributed by atoms with Crippen molar-refractivity contribution in [1.29, 1.82) is 5.41 Å². The van der Waals surface area contributed by atoms with E-state index in [-0.39, 0.29) is 43.6 Å². The lowest BCUT2D eigenvalue weighted by molar-refractivity contribution is -0.135. The van der Waals surface area contributed by atoms with Gasteiger partial charge in [0.05, 0.1) is 0 Å². The lowest BCUT2D eigenvalue weighted by atomic mass is 10.0. The van der Waals surface area contributed by atoms with E-state index in [1.165, 1.54) is 0 Å². The Kier molecular flexibility index (Phi) is 12.2. The average Bonchev–Trinajstić information content (AvgIpc) is 2.90. The molecule has 0 aliphatic carbocycles. The minimum absolute atomic E-state index is 0.0328. The molecular formula is C26H40N8O5. The van der Waals surface area contributed by atoms with Gasteiger partial charge in [0.1, 0.15) is 24.2 Å². The van der Waals surface area contributed by atoms with Crippen LogP contribution >= 0.6 is 0 Å². The number of carbonyl (C=O) groups excluding carboxylic acids is 5. The van der Waals surface area contributed by atoms with Gasteiger partial charge >= 0.3 is 0 Å². The summed E-state index contributed by atoms with van der Waals surface area (Å²) in [4.78, 5) is 65.2. The van der Waals surface area contributed by atoms with E-state index in [9.17, 15) is 24.0 Å². The fourth-order valence-electron chi connectivity index (χ4n) is 3.93. The topological polar surface area (TPSA) is 207 Å². The Morgan fingerprint density at radius 2 is 1.64 bits per heavy atom. The molecule has 214 valence electrons. The summed E-state index contributed by atoms with van der Waals surface area (Å²) in [7, 11) is 0. The molecule has 0 saturated carbocycles. The molecule has 0 aromatic heterocycles. The first kappa shape index (κ1) is 31.1. The first-order valence-corrected chi connectivity index (χ1v) is 13.2. The van der Waals surface area contributed by atoms with Crippen molar-refractivity contribution in [2.45, 2.75) is 70.6 Å².